The van der Waals surface area contributed by atoms with Gasteiger partial charge in [-0.3, -0.25) is 9.48 Å². The SMILES string of the molecule is C=CC(O)C(NC(=O)c1cn(C)nc1C(F)(F)F)C(=O)OCC. The highest BCUT2D eigenvalue weighted by Gasteiger charge is 2.40. The van der Waals surface area contributed by atoms with Gasteiger partial charge in [-0.2, -0.15) is 18.3 Å². The molecule has 128 valence electrons. The number of hydrogen-bond donors (Lipinski definition) is 2. The number of carbonyl (C=O) groups is 2. The molecule has 0 aliphatic carbocycles. The molecule has 0 radical (unpaired) electrons. The molecule has 0 saturated carbocycles. The minimum absolute atomic E-state index is 0.0320. The first-order valence-electron chi connectivity index (χ1n) is 6.50. The van der Waals surface area contributed by atoms with E-state index in [1.807, 2.05) is 5.32 Å². The van der Waals surface area contributed by atoms with E-state index in [9.17, 15) is 27.9 Å². The van der Waals surface area contributed by atoms with E-state index in [0.29, 0.717) is 0 Å². The van der Waals surface area contributed by atoms with Crippen molar-refractivity contribution in [1.29, 1.82) is 0 Å². The lowest BCUT2D eigenvalue weighted by Crippen LogP contribution is -2.49. The molecule has 0 aliphatic heterocycles. The predicted molar refractivity (Wildman–Crippen MR) is 72.3 cm³/mol. The molecule has 2 unspecified atom stereocenters. The second kappa shape index (κ2) is 7.27. The van der Waals surface area contributed by atoms with Gasteiger partial charge in [0.2, 0.25) is 0 Å². The number of carbonyl (C=O) groups excluding carboxylic acids is 2. The standard InChI is InChI=1S/C13H16F3N3O4/c1-4-8(20)9(12(22)23-5-2)17-11(21)7-6-19(3)18-10(7)13(14,15)16/h4,6,8-9,20H,1,5H2,2-3H3,(H,17,21). The van der Waals surface area contributed by atoms with Crippen LogP contribution in [0.2, 0.25) is 0 Å². The second-order valence-corrected chi connectivity index (χ2v) is 4.49. The van der Waals surface area contributed by atoms with Crippen LogP contribution < -0.4 is 5.32 Å². The first-order valence-corrected chi connectivity index (χ1v) is 6.50. The average molecular weight is 335 g/mol. The van der Waals surface area contributed by atoms with E-state index in [1.165, 1.54) is 14.0 Å². The highest BCUT2D eigenvalue weighted by Crippen LogP contribution is 2.30. The molecule has 23 heavy (non-hydrogen) atoms. The van der Waals surface area contributed by atoms with Gasteiger partial charge < -0.3 is 15.2 Å². The van der Waals surface area contributed by atoms with Crippen molar-refractivity contribution in [2.45, 2.75) is 25.2 Å². The molecule has 0 bridgehead atoms. The van der Waals surface area contributed by atoms with Crippen LogP contribution in [0.3, 0.4) is 0 Å². The Hall–Kier alpha value is -2.36. The van der Waals surface area contributed by atoms with Crippen LogP contribution in [0.5, 0.6) is 0 Å². The summed E-state index contributed by atoms with van der Waals surface area (Å²) in [5.74, 6) is -2.21. The van der Waals surface area contributed by atoms with Gasteiger partial charge in [0, 0.05) is 13.2 Å². The summed E-state index contributed by atoms with van der Waals surface area (Å²) in [5, 5.41) is 14.9. The minimum atomic E-state index is -4.84. The molecule has 7 nitrogen and oxygen atoms in total. The van der Waals surface area contributed by atoms with Crippen molar-refractivity contribution < 1.29 is 32.6 Å². The summed E-state index contributed by atoms with van der Waals surface area (Å²) in [6.07, 6.45) is -4.55. The number of rotatable bonds is 6. The number of aromatic nitrogens is 2. The third kappa shape index (κ3) is 4.55. The number of nitrogens with zero attached hydrogens (tertiary/aromatic N) is 2. The van der Waals surface area contributed by atoms with E-state index in [-0.39, 0.29) is 6.61 Å². The zero-order valence-electron chi connectivity index (χ0n) is 12.4. The number of alkyl halides is 3. The lowest BCUT2D eigenvalue weighted by Gasteiger charge is -2.20. The third-order valence-electron chi connectivity index (χ3n) is 2.75. The van der Waals surface area contributed by atoms with E-state index in [1.54, 1.807) is 0 Å². The number of amides is 1. The third-order valence-corrected chi connectivity index (χ3v) is 2.75. The summed E-state index contributed by atoms with van der Waals surface area (Å²) in [7, 11) is 1.22. The molecule has 1 heterocycles. The highest BCUT2D eigenvalue weighted by atomic mass is 19.4. The lowest BCUT2D eigenvalue weighted by molar-refractivity contribution is -0.147. The predicted octanol–water partition coefficient (Wildman–Crippen LogP) is 0.647. The Balaban J connectivity index is 3.09. The Labute approximate surface area is 129 Å². The van der Waals surface area contributed by atoms with Gasteiger partial charge in [0.15, 0.2) is 11.7 Å². The fourth-order valence-electron chi connectivity index (χ4n) is 1.73. The number of esters is 1. The Kier molecular flexibility index (Phi) is 5.91. The van der Waals surface area contributed by atoms with Crippen LogP contribution in [-0.4, -0.2) is 45.5 Å². The molecular formula is C13H16F3N3O4. The Morgan fingerprint density at radius 2 is 2.17 bits per heavy atom. The van der Waals surface area contributed by atoms with Crippen LogP contribution in [0.4, 0.5) is 13.2 Å². The van der Waals surface area contributed by atoms with Gasteiger partial charge >= 0.3 is 12.1 Å². The monoisotopic (exact) mass is 335 g/mol. The minimum Gasteiger partial charge on any atom is -0.464 e. The van der Waals surface area contributed by atoms with Gasteiger partial charge in [-0.05, 0) is 6.92 Å². The maximum atomic E-state index is 12.9. The first-order chi connectivity index (χ1) is 10.6. The quantitative estimate of drug-likeness (QED) is 0.588. The fraction of sp³-hybridized carbons (Fsp3) is 0.462. The van der Waals surface area contributed by atoms with Crippen molar-refractivity contribution in [3.63, 3.8) is 0 Å². The van der Waals surface area contributed by atoms with E-state index in [4.69, 9.17) is 0 Å². The topological polar surface area (TPSA) is 93.5 Å². The second-order valence-electron chi connectivity index (χ2n) is 4.49. The Morgan fingerprint density at radius 1 is 1.57 bits per heavy atom. The summed E-state index contributed by atoms with van der Waals surface area (Å²) in [5.41, 5.74) is -2.17. The van der Waals surface area contributed by atoms with Crippen LogP contribution in [-0.2, 0) is 22.8 Å². The van der Waals surface area contributed by atoms with Crippen molar-refractivity contribution in [1.82, 2.24) is 15.1 Å². The zero-order valence-corrected chi connectivity index (χ0v) is 12.4. The summed E-state index contributed by atoms with van der Waals surface area (Å²) >= 11 is 0. The molecule has 2 atom stereocenters. The molecule has 1 aromatic heterocycles. The van der Waals surface area contributed by atoms with Gasteiger partial charge in [0.05, 0.1) is 12.2 Å². The van der Waals surface area contributed by atoms with Gasteiger partial charge in [0.25, 0.3) is 5.91 Å². The zero-order chi connectivity index (χ0) is 17.8. The summed E-state index contributed by atoms with van der Waals surface area (Å²) in [6, 6.07) is -1.58. The highest BCUT2D eigenvalue weighted by molar-refractivity contribution is 5.97. The van der Waals surface area contributed by atoms with Crippen LogP contribution in [0.1, 0.15) is 23.0 Å². The number of aliphatic hydroxyl groups excluding tert-OH is 1. The van der Waals surface area contributed by atoms with Crippen LogP contribution in [0.25, 0.3) is 0 Å². The fourth-order valence-corrected chi connectivity index (χ4v) is 1.73. The number of aliphatic hydroxyl groups is 1. The Morgan fingerprint density at radius 3 is 2.65 bits per heavy atom. The molecule has 1 aromatic rings. The molecular weight excluding hydrogens is 319 g/mol. The van der Waals surface area contributed by atoms with Crippen molar-refractivity contribution in [2.75, 3.05) is 6.61 Å². The molecule has 10 heteroatoms. The van der Waals surface area contributed by atoms with Crippen molar-refractivity contribution >= 4 is 11.9 Å². The molecule has 0 fully saturated rings. The summed E-state index contributed by atoms with van der Waals surface area (Å²) in [6.45, 7) is 4.73. The van der Waals surface area contributed by atoms with Crippen LogP contribution in [0, 0.1) is 0 Å². The molecule has 0 aromatic carbocycles. The summed E-state index contributed by atoms with van der Waals surface area (Å²) < 4.78 is 44.0. The Bertz CT molecular complexity index is 598. The smallest absolute Gasteiger partial charge is 0.435 e. The maximum absolute atomic E-state index is 12.9. The molecule has 0 spiro atoms. The van der Waals surface area contributed by atoms with Crippen molar-refractivity contribution in [3.8, 4) is 0 Å². The normalized spacial score (nSPS) is 14.0. The van der Waals surface area contributed by atoms with Gasteiger partial charge in [-0.15, -0.1) is 6.58 Å². The molecule has 0 aliphatic rings. The number of halogens is 3. The van der Waals surface area contributed by atoms with Crippen LogP contribution in [0.15, 0.2) is 18.9 Å². The van der Waals surface area contributed by atoms with Gasteiger partial charge in [0.1, 0.15) is 6.10 Å². The van der Waals surface area contributed by atoms with Gasteiger partial charge in [-0.1, -0.05) is 6.08 Å². The molecule has 1 amide bonds. The molecule has 0 saturated heterocycles. The van der Waals surface area contributed by atoms with E-state index >= 15 is 0 Å². The van der Waals surface area contributed by atoms with E-state index in [2.05, 4.69) is 16.4 Å². The first kappa shape index (κ1) is 18.7. The number of aryl methyl sites for hydroxylation is 1. The molecule has 1 rings (SSSR count). The maximum Gasteiger partial charge on any atom is 0.435 e. The van der Waals surface area contributed by atoms with E-state index < -0.39 is 41.5 Å². The summed E-state index contributed by atoms with van der Waals surface area (Å²) in [4.78, 5) is 23.8. The van der Waals surface area contributed by atoms with Crippen molar-refractivity contribution in [3.05, 3.63) is 30.1 Å². The van der Waals surface area contributed by atoms with E-state index in [0.717, 1.165) is 17.0 Å². The van der Waals surface area contributed by atoms with Crippen molar-refractivity contribution in [2.24, 2.45) is 7.05 Å². The largest absolute Gasteiger partial charge is 0.464 e. The lowest BCUT2D eigenvalue weighted by atomic mass is 10.1. The number of ether oxygens (including phenoxy) is 1. The van der Waals surface area contributed by atoms with Gasteiger partial charge in [-0.25, -0.2) is 4.79 Å². The number of nitrogens with one attached hydrogen (secondary N) is 1. The average Bonchev–Trinajstić information content (AvgIpc) is 2.86. The van der Waals surface area contributed by atoms with Crippen LogP contribution >= 0.6 is 0 Å². The molecule has 2 N–H and O–H groups in total. The number of hydrogen-bond acceptors (Lipinski definition) is 5.